The van der Waals surface area contributed by atoms with E-state index in [0.717, 1.165) is 12.0 Å². The first-order chi connectivity index (χ1) is 13.2. The van der Waals surface area contributed by atoms with Gasteiger partial charge in [-0.3, -0.25) is 4.79 Å². The van der Waals surface area contributed by atoms with Gasteiger partial charge in [0.25, 0.3) is 5.91 Å². The van der Waals surface area contributed by atoms with Crippen LogP contribution in [0.2, 0.25) is 0 Å². The SMILES string of the molecule is O=C(c1ccnc(NCc2ccc(F)cc2)n1)N1CCc2ccccc2C1. The lowest BCUT2D eigenvalue weighted by Crippen LogP contribution is -2.36. The highest BCUT2D eigenvalue weighted by Crippen LogP contribution is 2.20. The third kappa shape index (κ3) is 3.95. The first-order valence-corrected chi connectivity index (χ1v) is 8.86. The summed E-state index contributed by atoms with van der Waals surface area (Å²) in [6.45, 7) is 1.73. The number of nitrogens with one attached hydrogen (secondary N) is 1. The molecule has 1 aliphatic rings. The van der Waals surface area contributed by atoms with Gasteiger partial charge in [-0.1, -0.05) is 36.4 Å². The number of amides is 1. The summed E-state index contributed by atoms with van der Waals surface area (Å²) in [6.07, 6.45) is 2.42. The van der Waals surface area contributed by atoms with Crippen LogP contribution in [0.15, 0.2) is 60.8 Å². The van der Waals surface area contributed by atoms with Crippen LogP contribution in [0.1, 0.15) is 27.2 Å². The summed E-state index contributed by atoms with van der Waals surface area (Å²) >= 11 is 0. The van der Waals surface area contributed by atoms with Gasteiger partial charge < -0.3 is 10.2 Å². The molecule has 0 saturated carbocycles. The van der Waals surface area contributed by atoms with Crippen molar-refractivity contribution in [3.05, 3.63) is 89.0 Å². The fourth-order valence-electron chi connectivity index (χ4n) is 3.18. The number of benzene rings is 2. The van der Waals surface area contributed by atoms with Crippen LogP contribution in [0.4, 0.5) is 10.3 Å². The van der Waals surface area contributed by atoms with Gasteiger partial charge in [-0.25, -0.2) is 14.4 Å². The maximum Gasteiger partial charge on any atom is 0.272 e. The second-order valence-corrected chi connectivity index (χ2v) is 6.49. The second-order valence-electron chi connectivity index (χ2n) is 6.49. The highest BCUT2D eigenvalue weighted by molar-refractivity contribution is 5.92. The largest absolute Gasteiger partial charge is 0.350 e. The first-order valence-electron chi connectivity index (χ1n) is 8.86. The number of fused-ring (bicyclic) bond motifs is 1. The van der Waals surface area contributed by atoms with Gasteiger partial charge in [-0.15, -0.1) is 0 Å². The summed E-state index contributed by atoms with van der Waals surface area (Å²) in [5, 5.41) is 3.08. The van der Waals surface area contributed by atoms with Gasteiger partial charge in [0.15, 0.2) is 0 Å². The van der Waals surface area contributed by atoms with Gasteiger partial charge in [0, 0.05) is 25.8 Å². The molecule has 5 nitrogen and oxygen atoms in total. The molecule has 3 aromatic rings. The smallest absolute Gasteiger partial charge is 0.272 e. The number of hydrogen-bond acceptors (Lipinski definition) is 4. The third-order valence-corrected chi connectivity index (χ3v) is 4.66. The minimum atomic E-state index is -0.273. The van der Waals surface area contributed by atoms with E-state index in [9.17, 15) is 9.18 Å². The van der Waals surface area contributed by atoms with E-state index in [2.05, 4.69) is 27.4 Å². The van der Waals surface area contributed by atoms with Gasteiger partial charge in [0.05, 0.1) is 0 Å². The van der Waals surface area contributed by atoms with Gasteiger partial charge in [0.1, 0.15) is 11.5 Å². The quantitative estimate of drug-likeness (QED) is 0.773. The molecule has 0 atom stereocenters. The Kier molecular flexibility index (Phi) is 4.78. The molecule has 2 aromatic carbocycles. The van der Waals surface area contributed by atoms with Crippen LogP contribution < -0.4 is 5.32 Å². The standard InChI is InChI=1S/C21H19FN4O/c22-18-7-5-15(6-8-18)13-24-21-23-11-9-19(25-21)20(27)26-12-10-16-3-1-2-4-17(16)14-26/h1-9,11H,10,12-14H2,(H,23,24,25). The molecule has 0 saturated heterocycles. The fraction of sp³-hybridized carbons (Fsp3) is 0.190. The molecule has 136 valence electrons. The van der Waals surface area contributed by atoms with E-state index in [4.69, 9.17) is 0 Å². The van der Waals surface area contributed by atoms with Crippen molar-refractivity contribution in [2.45, 2.75) is 19.5 Å². The van der Waals surface area contributed by atoms with Crippen LogP contribution in [-0.2, 0) is 19.5 Å². The number of halogens is 1. The Balaban J connectivity index is 1.44. The molecule has 2 heterocycles. The topological polar surface area (TPSA) is 58.1 Å². The predicted octanol–water partition coefficient (Wildman–Crippen LogP) is 3.43. The summed E-state index contributed by atoms with van der Waals surface area (Å²) in [4.78, 5) is 23.2. The van der Waals surface area contributed by atoms with Crippen molar-refractivity contribution in [3.8, 4) is 0 Å². The Labute approximate surface area is 156 Å². The van der Waals surface area contributed by atoms with E-state index < -0.39 is 0 Å². The zero-order valence-electron chi connectivity index (χ0n) is 14.7. The van der Waals surface area contributed by atoms with Crippen LogP contribution in [-0.4, -0.2) is 27.3 Å². The average molecular weight is 362 g/mol. The lowest BCUT2D eigenvalue weighted by Gasteiger charge is -2.28. The monoisotopic (exact) mass is 362 g/mol. The molecule has 4 rings (SSSR count). The highest BCUT2D eigenvalue weighted by atomic mass is 19.1. The van der Waals surface area contributed by atoms with Crippen molar-refractivity contribution in [1.82, 2.24) is 14.9 Å². The number of rotatable bonds is 4. The van der Waals surface area contributed by atoms with Gasteiger partial charge in [-0.2, -0.15) is 0 Å². The molecule has 0 spiro atoms. The second kappa shape index (κ2) is 7.53. The summed E-state index contributed by atoms with van der Waals surface area (Å²) < 4.78 is 13.0. The fourth-order valence-corrected chi connectivity index (χ4v) is 3.18. The number of anilines is 1. The normalized spacial score (nSPS) is 13.1. The van der Waals surface area contributed by atoms with E-state index in [-0.39, 0.29) is 11.7 Å². The van der Waals surface area contributed by atoms with Crippen LogP contribution in [0.3, 0.4) is 0 Å². The van der Waals surface area contributed by atoms with Crippen molar-refractivity contribution in [3.63, 3.8) is 0 Å². The van der Waals surface area contributed by atoms with E-state index in [1.807, 2.05) is 17.0 Å². The van der Waals surface area contributed by atoms with E-state index in [1.54, 1.807) is 24.4 Å². The summed E-state index contributed by atoms with van der Waals surface area (Å²) in [5.41, 5.74) is 3.75. The summed E-state index contributed by atoms with van der Waals surface area (Å²) in [5.74, 6) is 0.00465. The molecule has 1 amide bonds. The Morgan fingerprint density at radius 3 is 2.67 bits per heavy atom. The average Bonchev–Trinajstić information content (AvgIpc) is 2.72. The van der Waals surface area contributed by atoms with E-state index in [1.165, 1.54) is 23.3 Å². The molecule has 0 bridgehead atoms. The lowest BCUT2D eigenvalue weighted by molar-refractivity contribution is 0.0728. The molecule has 0 aliphatic carbocycles. The van der Waals surface area contributed by atoms with Crippen molar-refractivity contribution in [2.75, 3.05) is 11.9 Å². The number of carbonyl (C=O) groups excluding carboxylic acids is 1. The van der Waals surface area contributed by atoms with Gasteiger partial charge >= 0.3 is 0 Å². The van der Waals surface area contributed by atoms with Gasteiger partial charge in [-0.05, 0) is 41.3 Å². The molecule has 1 N–H and O–H groups in total. The Hall–Kier alpha value is -3.28. The minimum Gasteiger partial charge on any atom is -0.350 e. The molecule has 0 radical (unpaired) electrons. The Morgan fingerprint density at radius 1 is 1.07 bits per heavy atom. The lowest BCUT2D eigenvalue weighted by atomic mass is 10.00. The predicted molar refractivity (Wildman–Crippen MR) is 101 cm³/mol. The van der Waals surface area contributed by atoms with Crippen LogP contribution in [0.25, 0.3) is 0 Å². The van der Waals surface area contributed by atoms with Crippen LogP contribution in [0, 0.1) is 5.82 Å². The number of aromatic nitrogens is 2. The third-order valence-electron chi connectivity index (χ3n) is 4.66. The Bertz CT molecular complexity index is 958. The van der Waals surface area contributed by atoms with Crippen molar-refractivity contribution < 1.29 is 9.18 Å². The minimum absolute atomic E-state index is 0.100. The molecule has 1 aromatic heterocycles. The van der Waals surface area contributed by atoms with Crippen molar-refractivity contribution >= 4 is 11.9 Å². The Morgan fingerprint density at radius 2 is 1.85 bits per heavy atom. The highest BCUT2D eigenvalue weighted by Gasteiger charge is 2.22. The van der Waals surface area contributed by atoms with Crippen LogP contribution >= 0.6 is 0 Å². The molecule has 6 heteroatoms. The molecular weight excluding hydrogens is 343 g/mol. The maximum atomic E-state index is 13.0. The number of carbonyl (C=O) groups is 1. The van der Waals surface area contributed by atoms with E-state index in [0.29, 0.717) is 31.3 Å². The molecule has 1 aliphatic heterocycles. The summed E-state index contributed by atoms with van der Waals surface area (Å²) in [6, 6.07) is 16.0. The van der Waals surface area contributed by atoms with Crippen molar-refractivity contribution in [1.29, 1.82) is 0 Å². The number of nitrogens with zero attached hydrogens (tertiary/aromatic N) is 3. The maximum absolute atomic E-state index is 13.0. The van der Waals surface area contributed by atoms with Crippen LogP contribution in [0.5, 0.6) is 0 Å². The van der Waals surface area contributed by atoms with Gasteiger partial charge in [0.2, 0.25) is 5.95 Å². The molecular formula is C21H19FN4O. The van der Waals surface area contributed by atoms with E-state index >= 15 is 0 Å². The van der Waals surface area contributed by atoms with Crippen molar-refractivity contribution in [2.24, 2.45) is 0 Å². The number of hydrogen-bond donors (Lipinski definition) is 1. The molecule has 27 heavy (non-hydrogen) atoms. The zero-order valence-corrected chi connectivity index (χ0v) is 14.7. The summed E-state index contributed by atoms with van der Waals surface area (Å²) in [7, 11) is 0. The molecule has 0 fully saturated rings. The first kappa shape index (κ1) is 17.1. The molecule has 0 unspecified atom stereocenters. The zero-order chi connectivity index (χ0) is 18.6.